The molecule has 0 heterocycles. The molecule has 0 bridgehead atoms. The topological polar surface area (TPSA) is 49.8 Å². The van der Waals surface area contributed by atoms with Crippen molar-refractivity contribution in [3.05, 3.63) is 29.8 Å². The molecule has 1 aromatic carbocycles. The maximum absolute atomic E-state index is 10.6. The maximum atomic E-state index is 10.6. The summed E-state index contributed by atoms with van der Waals surface area (Å²) in [5.41, 5.74) is 0.994. The summed E-state index contributed by atoms with van der Waals surface area (Å²) in [7, 11) is 3.40. The molecule has 1 rings (SSSR count). The SMILES string of the molecule is COc1ccccc1C(C)N(C)CC(=O)O. The van der Waals surface area contributed by atoms with Crippen LogP contribution in [0.2, 0.25) is 0 Å². The molecule has 1 aromatic rings. The number of methoxy groups -OCH3 is 1. The highest BCUT2D eigenvalue weighted by molar-refractivity contribution is 5.69. The van der Waals surface area contributed by atoms with E-state index in [-0.39, 0.29) is 12.6 Å². The fraction of sp³-hybridized carbons (Fsp3) is 0.417. The lowest BCUT2D eigenvalue weighted by molar-refractivity contribution is -0.138. The minimum Gasteiger partial charge on any atom is -0.496 e. The van der Waals surface area contributed by atoms with Crippen molar-refractivity contribution in [1.82, 2.24) is 4.90 Å². The van der Waals surface area contributed by atoms with Crippen LogP contribution in [-0.4, -0.2) is 36.7 Å². The fourth-order valence-corrected chi connectivity index (χ4v) is 1.60. The van der Waals surface area contributed by atoms with Gasteiger partial charge in [-0.05, 0) is 20.0 Å². The lowest BCUT2D eigenvalue weighted by Gasteiger charge is -2.24. The van der Waals surface area contributed by atoms with Crippen LogP contribution in [0.25, 0.3) is 0 Å². The minimum absolute atomic E-state index is 0.00671. The monoisotopic (exact) mass is 223 g/mol. The van der Waals surface area contributed by atoms with Gasteiger partial charge in [0.15, 0.2) is 0 Å². The Morgan fingerprint density at radius 1 is 1.50 bits per heavy atom. The Balaban J connectivity index is 2.86. The van der Waals surface area contributed by atoms with Gasteiger partial charge in [-0.3, -0.25) is 9.69 Å². The molecule has 0 spiro atoms. The third-order valence-corrected chi connectivity index (χ3v) is 2.63. The van der Waals surface area contributed by atoms with Crippen LogP contribution in [0.5, 0.6) is 5.75 Å². The van der Waals surface area contributed by atoms with Gasteiger partial charge in [-0.15, -0.1) is 0 Å². The second kappa shape index (κ2) is 5.51. The standard InChI is InChI=1S/C12H17NO3/c1-9(13(2)8-12(14)15)10-6-4-5-7-11(10)16-3/h4-7,9H,8H2,1-3H3,(H,14,15). The van der Waals surface area contributed by atoms with Crippen LogP contribution in [0.1, 0.15) is 18.5 Å². The van der Waals surface area contributed by atoms with Crippen molar-refractivity contribution in [3.63, 3.8) is 0 Å². The van der Waals surface area contributed by atoms with Crippen LogP contribution >= 0.6 is 0 Å². The van der Waals surface area contributed by atoms with Crippen molar-refractivity contribution in [3.8, 4) is 5.75 Å². The quantitative estimate of drug-likeness (QED) is 0.826. The zero-order valence-corrected chi connectivity index (χ0v) is 9.80. The van der Waals surface area contributed by atoms with Crippen molar-refractivity contribution in [2.45, 2.75) is 13.0 Å². The van der Waals surface area contributed by atoms with E-state index in [0.29, 0.717) is 0 Å². The second-order valence-corrected chi connectivity index (χ2v) is 3.73. The molecule has 0 saturated carbocycles. The van der Waals surface area contributed by atoms with Gasteiger partial charge in [0.25, 0.3) is 0 Å². The van der Waals surface area contributed by atoms with Crippen molar-refractivity contribution < 1.29 is 14.6 Å². The van der Waals surface area contributed by atoms with Gasteiger partial charge < -0.3 is 9.84 Å². The molecule has 4 heteroatoms. The Labute approximate surface area is 95.5 Å². The highest BCUT2D eigenvalue weighted by Gasteiger charge is 2.17. The van der Waals surface area contributed by atoms with Gasteiger partial charge in [0.1, 0.15) is 5.75 Å². The zero-order valence-electron chi connectivity index (χ0n) is 9.80. The molecule has 1 N–H and O–H groups in total. The van der Waals surface area contributed by atoms with Crippen LogP contribution in [0, 0.1) is 0 Å². The summed E-state index contributed by atoms with van der Waals surface area (Å²) in [6.07, 6.45) is 0. The van der Waals surface area contributed by atoms with Crippen LogP contribution in [0.3, 0.4) is 0 Å². The van der Waals surface area contributed by atoms with Gasteiger partial charge >= 0.3 is 5.97 Å². The van der Waals surface area contributed by atoms with Gasteiger partial charge in [-0.1, -0.05) is 18.2 Å². The van der Waals surface area contributed by atoms with Gasteiger partial charge in [0, 0.05) is 11.6 Å². The number of benzene rings is 1. The summed E-state index contributed by atoms with van der Waals surface area (Å²) in [6.45, 7) is 1.97. The predicted octanol–water partition coefficient (Wildman–Crippen LogP) is 1.77. The first-order chi connectivity index (χ1) is 7.56. The fourth-order valence-electron chi connectivity index (χ4n) is 1.60. The number of hydrogen-bond donors (Lipinski definition) is 1. The summed E-state index contributed by atoms with van der Waals surface area (Å²) in [5, 5.41) is 8.73. The van der Waals surface area contributed by atoms with E-state index in [0.717, 1.165) is 11.3 Å². The Morgan fingerprint density at radius 2 is 2.12 bits per heavy atom. The van der Waals surface area contributed by atoms with E-state index in [2.05, 4.69) is 0 Å². The number of carboxylic acids is 1. The molecule has 0 aliphatic carbocycles. The van der Waals surface area contributed by atoms with E-state index in [1.807, 2.05) is 31.2 Å². The van der Waals surface area contributed by atoms with E-state index in [9.17, 15) is 4.79 Å². The molecule has 0 amide bonds. The van der Waals surface area contributed by atoms with E-state index < -0.39 is 5.97 Å². The van der Waals surface area contributed by atoms with E-state index >= 15 is 0 Å². The van der Waals surface area contributed by atoms with Crippen molar-refractivity contribution in [2.75, 3.05) is 20.7 Å². The summed E-state index contributed by atoms with van der Waals surface area (Å²) in [5.74, 6) is -0.0449. The molecule has 0 aliphatic heterocycles. The second-order valence-electron chi connectivity index (χ2n) is 3.73. The summed E-state index contributed by atoms with van der Waals surface area (Å²) in [6, 6.07) is 7.64. The number of aliphatic carboxylic acids is 1. The first-order valence-corrected chi connectivity index (χ1v) is 5.11. The van der Waals surface area contributed by atoms with Crippen LogP contribution < -0.4 is 4.74 Å². The van der Waals surface area contributed by atoms with E-state index in [1.54, 1.807) is 19.1 Å². The molecular weight excluding hydrogens is 206 g/mol. The number of carbonyl (C=O) groups is 1. The van der Waals surface area contributed by atoms with E-state index in [4.69, 9.17) is 9.84 Å². The number of carboxylic acid groups (broad SMARTS) is 1. The Kier molecular flexibility index (Phi) is 4.31. The number of para-hydroxylation sites is 1. The molecule has 0 aliphatic rings. The number of hydrogen-bond acceptors (Lipinski definition) is 3. The molecule has 4 nitrogen and oxygen atoms in total. The maximum Gasteiger partial charge on any atom is 0.317 e. The summed E-state index contributed by atoms with van der Waals surface area (Å²) in [4.78, 5) is 12.4. The Bertz CT molecular complexity index is 365. The lowest BCUT2D eigenvalue weighted by atomic mass is 10.1. The zero-order chi connectivity index (χ0) is 12.1. The van der Waals surface area contributed by atoms with Crippen molar-refractivity contribution in [2.24, 2.45) is 0 Å². The molecular formula is C12H17NO3. The summed E-state index contributed by atoms with van der Waals surface area (Å²) >= 11 is 0. The molecule has 88 valence electrons. The highest BCUT2D eigenvalue weighted by atomic mass is 16.5. The Hall–Kier alpha value is -1.55. The molecule has 0 saturated heterocycles. The van der Waals surface area contributed by atoms with Crippen molar-refractivity contribution >= 4 is 5.97 Å². The first kappa shape index (κ1) is 12.5. The van der Waals surface area contributed by atoms with E-state index in [1.165, 1.54) is 0 Å². The van der Waals surface area contributed by atoms with Gasteiger partial charge in [0.2, 0.25) is 0 Å². The predicted molar refractivity (Wildman–Crippen MR) is 61.7 cm³/mol. The number of likely N-dealkylation sites (N-methyl/N-ethyl adjacent to an activating group) is 1. The van der Waals surface area contributed by atoms with Gasteiger partial charge in [0.05, 0.1) is 13.7 Å². The molecule has 1 atom stereocenters. The van der Waals surface area contributed by atoms with Gasteiger partial charge in [-0.2, -0.15) is 0 Å². The van der Waals surface area contributed by atoms with Crippen LogP contribution in [0.4, 0.5) is 0 Å². The molecule has 0 fully saturated rings. The van der Waals surface area contributed by atoms with Crippen LogP contribution in [0.15, 0.2) is 24.3 Å². The third kappa shape index (κ3) is 2.97. The van der Waals surface area contributed by atoms with Crippen LogP contribution in [-0.2, 0) is 4.79 Å². The minimum atomic E-state index is -0.829. The largest absolute Gasteiger partial charge is 0.496 e. The number of rotatable bonds is 5. The lowest BCUT2D eigenvalue weighted by Crippen LogP contribution is -2.28. The number of nitrogens with zero attached hydrogens (tertiary/aromatic N) is 1. The average molecular weight is 223 g/mol. The number of ether oxygens (including phenoxy) is 1. The van der Waals surface area contributed by atoms with Crippen molar-refractivity contribution in [1.29, 1.82) is 0 Å². The average Bonchev–Trinajstić information content (AvgIpc) is 2.27. The molecule has 1 unspecified atom stereocenters. The highest BCUT2D eigenvalue weighted by Crippen LogP contribution is 2.27. The molecule has 0 radical (unpaired) electrons. The summed E-state index contributed by atoms with van der Waals surface area (Å²) < 4.78 is 5.25. The van der Waals surface area contributed by atoms with Gasteiger partial charge in [-0.25, -0.2) is 0 Å². The Morgan fingerprint density at radius 3 is 2.69 bits per heavy atom. The third-order valence-electron chi connectivity index (χ3n) is 2.63. The first-order valence-electron chi connectivity index (χ1n) is 5.11. The normalized spacial score (nSPS) is 12.5. The molecule has 16 heavy (non-hydrogen) atoms. The smallest absolute Gasteiger partial charge is 0.317 e. The molecule has 0 aromatic heterocycles.